The van der Waals surface area contributed by atoms with E-state index in [1.165, 1.54) is 6.07 Å². The molecule has 1 aliphatic rings. The van der Waals surface area contributed by atoms with Crippen LogP contribution in [-0.4, -0.2) is 38.1 Å². The molecule has 3 nitrogen and oxygen atoms in total. The van der Waals surface area contributed by atoms with Gasteiger partial charge in [0.05, 0.1) is 15.8 Å². The van der Waals surface area contributed by atoms with Gasteiger partial charge in [-0.2, -0.15) is 0 Å². The molecule has 1 atom stereocenters. The minimum Gasteiger partial charge on any atom is -0.397 e. The summed E-state index contributed by atoms with van der Waals surface area (Å²) in [7, 11) is 4.14. The van der Waals surface area contributed by atoms with Crippen molar-refractivity contribution in [2.45, 2.75) is 12.5 Å². The van der Waals surface area contributed by atoms with Gasteiger partial charge in [0.2, 0.25) is 0 Å². The summed E-state index contributed by atoms with van der Waals surface area (Å²) in [5, 5.41) is 0. The third-order valence-electron chi connectivity index (χ3n) is 3.30. The van der Waals surface area contributed by atoms with Gasteiger partial charge in [-0.25, -0.2) is 4.39 Å². The van der Waals surface area contributed by atoms with Gasteiger partial charge in [-0.05, 0) is 42.5 Å². The number of nitrogens with two attached hydrogens (primary N) is 1. The summed E-state index contributed by atoms with van der Waals surface area (Å²) >= 11 is 3.14. The summed E-state index contributed by atoms with van der Waals surface area (Å²) in [4.78, 5) is 4.35. The van der Waals surface area contributed by atoms with Gasteiger partial charge < -0.3 is 15.5 Å². The molecule has 1 fully saturated rings. The molecule has 0 aliphatic carbocycles. The van der Waals surface area contributed by atoms with Crippen molar-refractivity contribution in [2.75, 3.05) is 37.8 Å². The number of nitrogen functional groups attached to an aromatic ring is 1. The molecule has 0 spiro atoms. The van der Waals surface area contributed by atoms with Gasteiger partial charge in [0.1, 0.15) is 5.82 Å². The molecule has 0 amide bonds. The standard InChI is InChI=1S/C12H17BrFN3/c1-16(2)8-3-4-17(7-8)12-6-10(14)9(13)5-11(12)15/h5-6,8H,3-4,7,15H2,1-2H3. The molecule has 1 aliphatic heterocycles. The fraction of sp³-hybridized carbons (Fsp3) is 0.500. The van der Waals surface area contributed by atoms with Crippen molar-refractivity contribution in [3.05, 3.63) is 22.4 Å². The lowest BCUT2D eigenvalue weighted by molar-refractivity contribution is 0.315. The maximum atomic E-state index is 13.5. The molecule has 2 N–H and O–H groups in total. The van der Waals surface area contributed by atoms with Gasteiger partial charge in [-0.15, -0.1) is 0 Å². The highest BCUT2D eigenvalue weighted by Crippen LogP contribution is 2.32. The largest absolute Gasteiger partial charge is 0.397 e. The number of rotatable bonds is 2. The molecule has 0 bridgehead atoms. The molecule has 1 unspecified atom stereocenters. The SMILES string of the molecule is CN(C)C1CCN(c2cc(F)c(Br)cc2N)C1. The van der Waals surface area contributed by atoms with Crippen LogP contribution < -0.4 is 10.6 Å². The van der Waals surface area contributed by atoms with Gasteiger partial charge >= 0.3 is 0 Å². The number of likely N-dealkylation sites (N-methyl/N-ethyl adjacent to an activating group) is 1. The van der Waals surface area contributed by atoms with Crippen LogP contribution in [0.3, 0.4) is 0 Å². The van der Waals surface area contributed by atoms with Crippen molar-refractivity contribution < 1.29 is 4.39 Å². The van der Waals surface area contributed by atoms with Crippen LogP contribution in [0.2, 0.25) is 0 Å². The number of nitrogens with zero attached hydrogens (tertiary/aromatic N) is 2. The zero-order valence-electron chi connectivity index (χ0n) is 10.1. The van der Waals surface area contributed by atoms with Crippen LogP contribution in [0.4, 0.5) is 15.8 Å². The normalized spacial score (nSPS) is 20.3. The molecular weight excluding hydrogens is 285 g/mol. The topological polar surface area (TPSA) is 32.5 Å². The van der Waals surface area contributed by atoms with Gasteiger partial charge in [0, 0.05) is 25.2 Å². The summed E-state index contributed by atoms with van der Waals surface area (Å²) in [6.45, 7) is 1.83. The van der Waals surface area contributed by atoms with E-state index in [1.807, 2.05) is 0 Å². The van der Waals surface area contributed by atoms with Crippen LogP contribution in [0.1, 0.15) is 6.42 Å². The van der Waals surface area contributed by atoms with Crippen LogP contribution in [0, 0.1) is 5.82 Å². The molecule has 1 aromatic carbocycles. The van der Waals surface area contributed by atoms with E-state index in [2.05, 4.69) is 39.8 Å². The predicted octanol–water partition coefficient (Wildman–Crippen LogP) is 2.31. The second-order valence-corrected chi connectivity index (χ2v) is 5.53. The number of hydrogen-bond acceptors (Lipinski definition) is 3. The molecular formula is C12H17BrFN3. The first-order chi connectivity index (χ1) is 7.99. The van der Waals surface area contributed by atoms with Crippen molar-refractivity contribution >= 4 is 27.3 Å². The smallest absolute Gasteiger partial charge is 0.139 e. The Balaban J connectivity index is 2.22. The Morgan fingerprint density at radius 1 is 1.47 bits per heavy atom. The summed E-state index contributed by atoms with van der Waals surface area (Å²) < 4.78 is 13.9. The Morgan fingerprint density at radius 3 is 2.76 bits per heavy atom. The number of hydrogen-bond donors (Lipinski definition) is 1. The Kier molecular flexibility index (Phi) is 3.58. The number of halogens is 2. The molecule has 2 rings (SSSR count). The monoisotopic (exact) mass is 301 g/mol. The van der Waals surface area contributed by atoms with Crippen molar-refractivity contribution in [1.29, 1.82) is 0 Å². The average Bonchev–Trinajstić information content (AvgIpc) is 2.72. The van der Waals surface area contributed by atoms with Gasteiger partial charge in [0.25, 0.3) is 0 Å². The van der Waals surface area contributed by atoms with E-state index in [-0.39, 0.29) is 5.82 Å². The third-order valence-corrected chi connectivity index (χ3v) is 3.91. The second kappa shape index (κ2) is 4.82. The van der Waals surface area contributed by atoms with E-state index in [9.17, 15) is 4.39 Å². The van der Waals surface area contributed by atoms with Gasteiger partial charge in [-0.1, -0.05) is 0 Å². The van der Waals surface area contributed by atoms with Crippen molar-refractivity contribution in [3.63, 3.8) is 0 Å². The first-order valence-corrected chi connectivity index (χ1v) is 6.44. The van der Waals surface area contributed by atoms with E-state index < -0.39 is 0 Å². The summed E-state index contributed by atoms with van der Waals surface area (Å²) in [5.74, 6) is -0.262. The van der Waals surface area contributed by atoms with Gasteiger partial charge in [-0.3, -0.25) is 0 Å². The summed E-state index contributed by atoms with van der Waals surface area (Å²) in [6, 6.07) is 3.66. The van der Waals surface area contributed by atoms with Crippen molar-refractivity contribution in [3.8, 4) is 0 Å². The van der Waals surface area contributed by atoms with Crippen LogP contribution in [0.25, 0.3) is 0 Å². The number of benzene rings is 1. The molecule has 0 saturated carbocycles. The van der Waals surface area contributed by atoms with Gasteiger partial charge in [0.15, 0.2) is 0 Å². The Labute approximate surface area is 110 Å². The highest BCUT2D eigenvalue weighted by molar-refractivity contribution is 9.10. The average molecular weight is 302 g/mol. The van der Waals surface area contributed by atoms with Crippen LogP contribution in [-0.2, 0) is 0 Å². The molecule has 5 heteroatoms. The maximum Gasteiger partial charge on any atom is 0.139 e. The fourth-order valence-corrected chi connectivity index (χ4v) is 2.57. The van der Waals surface area contributed by atoms with Crippen molar-refractivity contribution in [2.24, 2.45) is 0 Å². The highest BCUT2D eigenvalue weighted by Gasteiger charge is 2.25. The van der Waals surface area contributed by atoms with E-state index in [0.717, 1.165) is 25.2 Å². The molecule has 0 radical (unpaired) electrons. The minimum atomic E-state index is -0.262. The Bertz CT molecular complexity index is 422. The first-order valence-electron chi connectivity index (χ1n) is 5.65. The van der Waals surface area contributed by atoms with Crippen LogP contribution >= 0.6 is 15.9 Å². The number of anilines is 2. The van der Waals surface area contributed by atoms with Crippen LogP contribution in [0.15, 0.2) is 16.6 Å². The Morgan fingerprint density at radius 2 is 2.18 bits per heavy atom. The van der Waals surface area contributed by atoms with Crippen molar-refractivity contribution in [1.82, 2.24) is 4.90 Å². The van der Waals surface area contributed by atoms with E-state index in [1.54, 1.807) is 6.07 Å². The zero-order valence-corrected chi connectivity index (χ0v) is 11.7. The van der Waals surface area contributed by atoms with E-state index >= 15 is 0 Å². The lowest BCUT2D eigenvalue weighted by Gasteiger charge is -2.23. The molecule has 0 aromatic heterocycles. The molecule has 1 saturated heterocycles. The molecule has 1 aromatic rings. The second-order valence-electron chi connectivity index (χ2n) is 4.68. The minimum absolute atomic E-state index is 0.262. The molecule has 17 heavy (non-hydrogen) atoms. The predicted molar refractivity (Wildman–Crippen MR) is 72.8 cm³/mol. The van der Waals surface area contributed by atoms with E-state index in [0.29, 0.717) is 16.2 Å². The van der Waals surface area contributed by atoms with Crippen LogP contribution in [0.5, 0.6) is 0 Å². The summed E-state index contributed by atoms with van der Waals surface area (Å²) in [6.07, 6.45) is 1.09. The lowest BCUT2D eigenvalue weighted by atomic mass is 10.2. The molecule has 94 valence electrons. The first kappa shape index (κ1) is 12.6. The van der Waals surface area contributed by atoms with E-state index in [4.69, 9.17) is 5.73 Å². The Hall–Kier alpha value is -0.810. The molecule has 1 heterocycles. The summed E-state index contributed by atoms with van der Waals surface area (Å²) in [5.41, 5.74) is 7.36. The lowest BCUT2D eigenvalue weighted by Crippen LogP contribution is -2.31. The maximum absolute atomic E-state index is 13.5. The zero-order chi connectivity index (χ0) is 12.6. The highest BCUT2D eigenvalue weighted by atomic mass is 79.9. The quantitative estimate of drug-likeness (QED) is 0.851. The fourth-order valence-electron chi connectivity index (χ4n) is 2.21. The third kappa shape index (κ3) is 2.55.